The maximum atomic E-state index is 14.5. The second kappa shape index (κ2) is 6.74. The summed E-state index contributed by atoms with van der Waals surface area (Å²) in [7, 11) is 1.77. The number of H-pyrrole nitrogens is 1. The Morgan fingerprint density at radius 3 is 2.92 bits per heavy atom. The summed E-state index contributed by atoms with van der Waals surface area (Å²) in [5, 5.41) is 17.1. The molecule has 26 heavy (non-hydrogen) atoms. The van der Waals surface area contributed by atoms with Crippen LogP contribution >= 0.6 is 0 Å². The molecule has 0 radical (unpaired) electrons. The Bertz CT molecular complexity index is 839. The molecule has 0 bridgehead atoms. The van der Waals surface area contributed by atoms with E-state index in [0.29, 0.717) is 4.57 Å². The number of nitrogen functional groups attached to an aromatic ring is 1. The van der Waals surface area contributed by atoms with Crippen LogP contribution in [0.15, 0.2) is 29.3 Å². The lowest BCUT2D eigenvalue weighted by Gasteiger charge is -2.19. The number of nitrogens with zero attached hydrogens (tertiary/aromatic N) is 3. The molecule has 4 atom stereocenters. The maximum Gasteiger partial charge on any atom is 0.499 e. The number of hydrogen-bond donors (Lipinski definition) is 4. The van der Waals surface area contributed by atoms with Crippen LogP contribution in [0.3, 0.4) is 0 Å². The number of rotatable bonds is 5. The van der Waals surface area contributed by atoms with E-state index in [9.17, 15) is 18.7 Å². The third-order valence-corrected chi connectivity index (χ3v) is 4.46. The zero-order valence-electron chi connectivity index (χ0n) is 14.3. The molecule has 0 amide bonds. The summed E-state index contributed by atoms with van der Waals surface area (Å²) >= 11 is 0. The van der Waals surface area contributed by atoms with E-state index in [1.807, 2.05) is 6.92 Å². The minimum Gasteiger partial charge on any atom is -0.384 e. The summed E-state index contributed by atoms with van der Waals surface area (Å²) in [4.78, 5) is 14.1. The van der Waals surface area contributed by atoms with Crippen molar-refractivity contribution in [3.05, 3.63) is 40.7 Å². The molecule has 0 spiro atoms. The van der Waals surface area contributed by atoms with Crippen LogP contribution in [0.25, 0.3) is 0 Å². The van der Waals surface area contributed by atoms with Crippen LogP contribution in [0.1, 0.15) is 24.9 Å². The largest absolute Gasteiger partial charge is 0.499 e. The fraction of sp³-hybridized carbons (Fsp3) is 0.533. The van der Waals surface area contributed by atoms with Gasteiger partial charge in [0.05, 0.1) is 5.69 Å². The minimum atomic E-state index is -3.64. The van der Waals surface area contributed by atoms with Crippen molar-refractivity contribution in [2.45, 2.75) is 37.3 Å². The Morgan fingerprint density at radius 1 is 1.58 bits per heavy atom. The molecular formula is C15H21F2N6O3+. The SMILES string of the molecule is CC(NCC1OC([n+]2ccc(N)[nH]c2=O)C(F)(F)C1O)c1ccnn1C. The second-order valence-electron chi connectivity index (χ2n) is 6.26. The molecular weight excluding hydrogens is 350 g/mol. The molecule has 0 aromatic carbocycles. The molecule has 3 heterocycles. The Labute approximate surface area is 147 Å². The van der Waals surface area contributed by atoms with Gasteiger partial charge in [0.1, 0.15) is 12.3 Å². The van der Waals surface area contributed by atoms with E-state index in [-0.39, 0.29) is 18.4 Å². The number of aliphatic hydroxyl groups is 1. The molecule has 9 nitrogen and oxygen atoms in total. The van der Waals surface area contributed by atoms with Gasteiger partial charge in [-0.25, -0.2) is 0 Å². The standard InChI is InChI=1S/C15H20F2N6O3/c1-8(9-3-5-20-22(9)2)19-7-10-12(24)15(16,17)13(26-10)23-6-4-11(18)21-14(23)25/h3-6,8,10,12-13,19,24H,7H2,1-2H3,(H2,18,21,25)/p+1. The average Bonchev–Trinajstić information content (AvgIpc) is 3.09. The van der Waals surface area contributed by atoms with Crippen molar-refractivity contribution in [3.63, 3.8) is 0 Å². The molecule has 2 aromatic heterocycles. The first-order valence-corrected chi connectivity index (χ1v) is 8.04. The Kier molecular flexibility index (Phi) is 4.78. The van der Waals surface area contributed by atoms with Crippen molar-refractivity contribution < 1.29 is 23.2 Å². The van der Waals surface area contributed by atoms with Gasteiger partial charge in [-0.15, -0.1) is 0 Å². The van der Waals surface area contributed by atoms with Crippen LogP contribution in [-0.4, -0.2) is 44.5 Å². The van der Waals surface area contributed by atoms with E-state index < -0.39 is 30.0 Å². The Balaban J connectivity index is 1.74. The zero-order chi connectivity index (χ0) is 19.1. The molecule has 0 aliphatic carbocycles. The summed E-state index contributed by atoms with van der Waals surface area (Å²) in [6.45, 7) is 1.81. The zero-order valence-corrected chi connectivity index (χ0v) is 14.3. The number of nitrogens with two attached hydrogens (primary N) is 1. The van der Waals surface area contributed by atoms with Gasteiger partial charge >= 0.3 is 11.6 Å². The summed E-state index contributed by atoms with van der Waals surface area (Å²) < 4.78 is 36.6. The van der Waals surface area contributed by atoms with Gasteiger partial charge < -0.3 is 20.9 Å². The van der Waals surface area contributed by atoms with Gasteiger partial charge in [0, 0.05) is 31.9 Å². The third kappa shape index (κ3) is 3.20. The van der Waals surface area contributed by atoms with Crippen LogP contribution in [0.2, 0.25) is 0 Å². The molecule has 0 saturated carbocycles. The first-order chi connectivity index (χ1) is 12.2. The summed E-state index contributed by atoms with van der Waals surface area (Å²) in [6.07, 6.45) is -2.46. The van der Waals surface area contributed by atoms with Crippen molar-refractivity contribution in [3.8, 4) is 0 Å². The molecule has 142 valence electrons. The summed E-state index contributed by atoms with van der Waals surface area (Å²) in [6, 6.07) is 2.87. The van der Waals surface area contributed by atoms with Crippen molar-refractivity contribution in [1.82, 2.24) is 20.1 Å². The van der Waals surface area contributed by atoms with Crippen LogP contribution < -0.4 is 21.3 Å². The van der Waals surface area contributed by atoms with Gasteiger partial charge in [0.15, 0.2) is 11.9 Å². The van der Waals surface area contributed by atoms with Crippen molar-refractivity contribution in [2.75, 3.05) is 12.3 Å². The second-order valence-corrected chi connectivity index (χ2v) is 6.26. The van der Waals surface area contributed by atoms with Crippen LogP contribution in [-0.2, 0) is 11.8 Å². The van der Waals surface area contributed by atoms with Gasteiger partial charge in [-0.1, -0.05) is 0 Å². The molecule has 1 aliphatic heterocycles. The third-order valence-electron chi connectivity index (χ3n) is 4.46. The van der Waals surface area contributed by atoms with Crippen LogP contribution in [0.4, 0.5) is 14.6 Å². The highest BCUT2D eigenvalue weighted by molar-refractivity contribution is 5.21. The van der Waals surface area contributed by atoms with E-state index in [0.717, 1.165) is 11.9 Å². The molecule has 3 rings (SSSR count). The number of aliphatic hydroxyl groups excluding tert-OH is 1. The lowest BCUT2D eigenvalue weighted by atomic mass is 10.1. The van der Waals surface area contributed by atoms with E-state index in [2.05, 4.69) is 15.4 Å². The molecule has 5 N–H and O–H groups in total. The van der Waals surface area contributed by atoms with E-state index in [4.69, 9.17) is 10.5 Å². The number of alkyl halides is 2. The summed E-state index contributed by atoms with van der Waals surface area (Å²) in [5.74, 6) is -3.60. The minimum absolute atomic E-state index is 0.0347. The lowest BCUT2D eigenvalue weighted by Crippen LogP contribution is -2.60. The first kappa shape index (κ1) is 18.4. The highest BCUT2D eigenvalue weighted by Crippen LogP contribution is 2.39. The predicted molar refractivity (Wildman–Crippen MR) is 86.2 cm³/mol. The monoisotopic (exact) mass is 371 g/mol. The normalized spacial score (nSPS) is 26.1. The maximum absolute atomic E-state index is 14.5. The Morgan fingerprint density at radius 2 is 2.31 bits per heavy atom. The fourth-order valence-electron chi connectivity index (χ4n) is 2.98. The molecule has 2 aromatic rings. The molecule has 1 saturated heterocycles. The van der Waals surface area contributed by atoms with Crippen molar-refractivity contribution >= 4 is 5.82 Å². The Hall–Kier alpha value is -2.37. The lowest BCUT2D eigenvalue weighted by molar-refractivity contribution is -0.789. The van der Waals surface area contributed by atoms with Crippen LogP contribution in [0, 0.1) is 0 Å². The highest BCUT2D eigenvalue weighted by Gasteiger charge is 2.62. The average molecular weight is 371 g/mol. The number of aryl methyl sites for hydroxylation is 1. The molecule has 4 unspecified atom stereocenters. The smallest absolute Gasteiger partial charge is 0.384 e. The van der Waals surface area contributed by atoms with E-state index in [1.54, 1.807) is 24.0 Å². The van der Waals surface area contributed by atoms with Gasteiger partial charge in [-0.05, 0) is 13.0 Å². The topological polar surface area (TPSA) is 122 Å². The number of aromatic nitrogens is 4. The first-order valence-electron chi connectivity index (χ1n) is 8.04. The molecule has 1 aliphatic rings. The number of aromatic amines is 1. The predicted octanol–water partition coefficient (Wildman–Crippen LogP) is -0.777. The van der Waals surface area contributed by atoms with Crippen molar-refractivity contribution in [2.24, 2.45) is 7.05 Å². The highest BCUT2D eigenvalue weighted by atomic mass is 19.3. The van der Waals surface area contributed by atoms with Crippen molar-refractivity contribution in [1.29, 1.82) is 0 Å². The molecule has 1 fully saturated rings. The summed E-state index contributed by atoms with van der Waals surface area (Å²) in [5.41, 5.74) is 5.43. The number of nitrogens with one attached hydrogen (secondary N) is 2. The number of ether oxygens (including phenoxy) is 1. The van der Waals surface area contributed by atoms with Gasteiger partial charge in [-0.3, -0.25) is 4.68 Å². The fourth-order valence-corrected chi connectivity index (χ4v) is 2.98. The van der Waals surface area contributed by atoms with E-state index in [1.165, 1.54) is 6.07 Å². The number of hydrogen-bond acceptors (Lipinski definition) is 6. The molecule has 11 heteroatoms. The van der Waals surface area contributed by atoms with Gasteiger partial charge in [0.25, 0.3) is 6.23 Å². The number of halogens is 2. The van der Waals surface area contributed by atoms with Crippen LogP contribution in [0.5, 0.6) is 0 Å². The van der Waals surface area contributed by atoms with Gasteiger partial charge in [-0.2, -0.15) is 28.2 Å². The van der Waals surface area contributed by atoms with Gasteiger partial charge in [0.2, 0.25) is 0 Å². The van der Waals surface area contributed by atoms with E-state index >= 15 is 0 Å². The quantitative estimate of drug-likeness (QED) is 0.512. The number of anilines is 1.